The van der Waals surface area contributed by atoms with Gasteiger partial charge in [-0.15, -0.1) is 0 Å². The van der Waals surface area contributed by atoms with Crippen molar-refractivity contribution in [3.8, 4) is 0 Å². The summed E-state index contributed by atoms with van der Waals surface area (Å²) >= 11 is 3.65. The van der Waals surface area contributed by atoms with Crippen LogP contribution in [0.25, 0.3) is 0 Å². The van der Waals surface area contributed by atoms with Crippen LogP contribution >= 0.6 is 15.9 Å². The Balaban J connectivity index is 1.96. The van der Waals surface area contributed by atoms with Crippen LogP contribution in [0.2, 0.25) is 0 Å². The molecule has 0 saturated heterocycles. The summed E-state index contributed by atoms with van der Waals surface area (Å²) in [6.07, 6.45) is 4.40. The van der Waals surface area contributed by atoms with Crippen LogP contribution in [-0.4, -0.2) is 16.0 Å². The molecule has 2 bridgehead atoms. The fraction of sp³-hybridized carbons (Fsp3) is 0.565. The van der Waals surface area contributed by atoms with Gasteiger partial charge in [0, 0.05) is 22.4 Å². The van der Waals surface area contributed by atoms with Gasteiger partial charge in [0.25, 0.3) is 5.91 Å². The lowest BCUT2D eigenvalue weighted by Gasteiger charge is -2.45. The van der Waals surface area contributed by atoms with Gasteiger partial charge in [0.15, 0.2) is 10.1 Å². The second-order valence-electron chi connectivity index (χ2n) is 9.12. The van der Waals surface area contributed by atoms with Crippen LogP contribution < -0.4 is 4.90 Å². The first-order chi connectivity index (χ1) is 12.7. The van der Waals surface area contributed by atoms with Gasteiger partial charge >= 0.3 is 0 Å². The lowest BCUT2D eigenvalue weighted by atomic mass is 9.69. The molecule has 0 spiro atoms. The van der Waals surface area contributed by atoms with Gasteiger partial charge in [-0.2, -0.15) is 0 Å². The summed E-state index contributed by atoms with van der Waals surface area (Å²) in [5, 5.41) is 0. The highest BCUT2D eigenvalue weighted by atomic mass is 79.9. The van der Waals surface area contributed by atoms with E-state index in [1.165, 1.54) is 0 Å². The molecule has 3 aliphatic rings. The van der Waals surface area contributed by atoms with Crippen LogP contribution in [0.15, 0.2) is 41.6 Å². The van der Waals surface area contributed by atoms with E-state index in [1.54, 1.807) is 0 Å². The van der Waals surface area contributed by atoms with Crippen molar-refractivity contribution in [3.05, 3.63) is 41.6 Å². The molecule has 3 atom stereocenters. The largest absolute Gasteiger partial charge is 0.292 e. The van der Waals surface area contributed by atoms with E-state index in [1.807, 2.05) is 35.2 Å². The number of benzene rings is 1. The van der Waals surface area contributed by atoms with E-state index in [0.717, 1.165) is 42.6 Å². The Kier molecular flexibility index (Phi) is 4.23. The van der Waals surface area contributed by atoms with Crippen molar-refractivity contribution >= 4 is 33.3 Å². The van der Waals surface area contributed by atoms with Gasteiger partial charge in [0.1, 0.15) is 0 Å². The number of amides is 1. The zero-order valence-electron chi connectivity index (χ0n) is 16.6. The predicted octanol–water partition coefficient (Wildman–Crippen LogP) is 5.64. The van der Waals surface area contributed by atoms with E-state index >= 15 is 0 Å². The molecule has 1 amide bonds. The number of carbonyl (C=O) groups is 2. The number of rotatable bonds is 4. The maximum atomic E-state index is 13.8. The molecule has 1 aromatic rings. The molecule has 1 aliphatic heterocycles. The molecule has 1 heterocycles. The van der Waals surface area contributed by atoms with Crippen molar-refractivity contribution in [3.63, 3.8) is 0 Å². The van der Waals surface area contributed by atoms with Crippen molar-refractivity contribution < 1.29 is 9.59 Å². The third kappa shape index (κ3) is 2.25. The normalized spacial score (nSPS) is 34.4. The molecular weight excluding hydrogens is 402 g/mol. The molecule has 0 aromatic heterocycles. The van der Waals surface area contributed by atoms with Crippen LogP contribution in [0, 0.1) is 16.7 Å². The first-order valence-corrected chi connectivity index (χ1v) is 10.9. The number of allylic oxidation sites excluding steroid dienone is 2. The van der Waals surface area contributed by atoms with Crippen molar-refractivity contribution in [1.29, 1.82) is 0 Å². The van der Waals surface area contributed by atoms with E-state index in [0.29, 0.717) is 6.42 Å². The van der Waals surface area contributed by atoms with Crippen molar-refractivity contribution in [2.75, 3.05) is 4.90 Å². The third-order valence-corrected chi connectivity index (χ3v) is 8.71. The number of halogens is 1. The molecule has 1 fully saturated rings. The number of hydrogen-bond donors (Lipinski definition) is 0. The smallest absolute Gasteiger partial charge is 0.256 e. The molecule has 4 heteroatoms. The van der Waals surface area contributed by atoms with Crippen molar-refractivity contribution in [2.24, 2.45) is 16.7 Å². The van der Waals surface area contributed by atoms with Crippen LogP contribution in [0.1, 0.15) is 59.8 Å². The second kappa shape index (κ2) is 6.04. The summed E-state index contributed by atoms with van der Waals surface area (Å²) in [4.78, 5) is 29.3. The number of para-hydroxylation sites is 1. The summed E-state index contributed by atoms with van der Waals surface area (Å²) in [7, 11) is 0. The average Bonchev–Trinajstić information content (AvgIpc) is 2.98. The minimum Gasteiger partial charge on any atom is -0.292 e. The molecule has 2 aliphatic carbocycles. The number of anilines is 1. The van der Waals surface area contributed by atoms with Crippen LogP contribution in [-0.2, 0) is 9.59 Å². The van der Waals surface area contributed by atoms with Gasteiger partial charge in [-0.05, 0) is 42.7 Å². The highest BCUT2D eigenvalue weighted by molar-refractivity contribution is 9.10. The second-order valence-corrected chi connectivity index (χ2v) is 10.5. The van der Waals surface area contributed by atoms with Gasteiger partial charge in [0.2, 0.25) is 0 Å². The van der Waals surface area contributed by atoms with Crippen LogP contribution in [0.4, 0.5) is 5.69 Å². The number of Topliss-reactive ketones (excluding diaryl/α,β-unsaturated/α-hetero) is 1. The molecule has 4 rings (SSSR count). The minimum absolute atomic E-state index is 0.0182. The number of hydrogen-bond acceptors (Lipinski definition) is 2. The Morgan fingerprint density at radius 3 is 2.44 bits per heavy atom. The topological polar surface area (TPSA) is 37.4 Å². The molecular formula is C23H28BrNO2. The Morgan fingerprint density at radius 2 is 1.81 bits per heavy atom. The summed E-state index contributed by atoms with van der Waals surface area (Å²) in [6, 6.07) is 9.84. The summed E-state index contributed by atoms with van der Waals surface area (Å²) < 4.78 is -1.13. The van der Waals surface area contributed by atoms with Crippen molar-refractivity contribution in [1.82, 2.24) is 0 Å². The third-order valence-electron chi connectivity index (χ3n) is 7.61. The van der Waals surface area contributed by atoms with E-state index in [4.69, 9.17) is 0 Å². The number of alkyl halides is 1. The van der Waals surface area contributed by atoms with E-state index < -0.39 is 4.32 Å². The predicted molar refractivity (Wildman–Crippen MR) is 112 cm³/mol. The standard InChI is InChI=1S/C23H28BrNO2/c1-5-6-13-23(24)19(26)17-16-12-14-22(4,21(16,2)3)18(17)25(20(23)27)15-10-8-7-9-11-15/h7-11,16H,5-6,12-14H2,1-4H3/t16-,22+,23-/m0/s1. The molecule has 1 aromatic carbocycles. The molecule has 0 unspecified atom stereocenters. The van der Waals surface area contributed by atoms with Gasteiger partial charge in [-0.3, -0.25) is 14.5 Å². The molecule has 0 N–H and O–H groups in total. The van der Waals surface area contributed by atoms with Crippen LogP contribution in [0.5, 0.6) is 0 Å². The fourth-order valence-corrected chi connectivity index (χ4v) is 6.25. The summed E-state index contributed by atoms with van der Waals surface area (Å²) in [5.74, 6) is 0.128. The summed E-state index contributed by atoms with van der Waals surface area (Å²) in [6.45, 7) is 8.88. The first kappa shape index (κ1) is 18.9. The van der Waals surface area contributed by atoms with Gasteiger partial charge in [-0.25, -0.2) is 0 Å². The highest BCUT2D eigenvalue weighted by Gasteiger charge is 2.68. The molecule has 1 saturated carbocycles. The Hall–Kier alpha value is -1.42. The lowest BCUT2D eigenvalue weighted by molar-refractivity contribution is -0.129. The van der Waals surface area contributed by atoms with E-state index in [-0.39, 0.29) is 28.4 Å². The lowest BCUT2D eigenvalue weighted by Crippen LogP contribution is -2.57. The zero-order valence-corrected chi connectivity index (χ0v) is 18.2. The average molecular weight is 430 g/mol. The zero-order chi connectivity index (χ0) is 19.6. The number of unbranched alkanes of at least 4 members (excludes halogenated alkanes) is 1. The quantitative estimate of drug-likeness (QED) is 0.458. The number of nitrogens with zero attached hydrogens (tertiary/aromatic N) is 1. The number of fused-ring (bicyclic) bond motifs is 4. The Bertz CT molecular complexity index is 843. The van der Waals surface area contributed by atoms with Gasteiger partial charge in [0.05, 0.1) is 0 Å². The highest BCUT2D eigenvalue weighted by Crippen LogP contribution is 2.70. The van der Waals surface area contributed by atoms with E-state index in [9.17, 15) is 9.59 Å². The summed E-state index contributed by atoms with van der Waals surface area (Å²) in [5.41, 5.74) is 2.56. The molecule has 27 heavy (non-hydrogen) atoms. The Morgan fingerprint density at radius 1 is 1.15 bits per heavy atom. The van der Waals surface area contributed by atoms with Crippen molar-refractivity contribution in [2.45, 2.75) is 64.1 Å². The minimum atomic E-state index is -1.13. The Labute approximate surface area is 170 Å². The molecule has 144 valence electrons. The van der Waals surface area contributed by atoms with E-state index in [2.05, 4.69) is 43.6 Å². The number of ketones is 1. The molecule has 3 nitrogen and oxygen atoms in total. The first-order valence-electron chi connectivity index (χ1n) is 10.1. The SMILES string of the molecule is CCCC[C@]1(Br)C(=O)C2=C(N(c3ccccc3)C1=O)[C@@]1(C)CC[C@@H]2C1(C)C. The number of carbonyl (C=O) groups excluding carboxylic acids is 2. The monoisotopic (exact) mass is 429 g/mol. The van der Waals surface area contributed by atoms with Gasteiger partial charge in [-0.1, -0.05) is 74.7 Å². The molecule has 0 radical (unpaired) electrons. The maximum Gasteiger partial charge on any atom is 0.256 e. The maximum absolute atomic E-state index is 13.8. The van der Waals surface area contributed by atoms with Crippen LogP contribution in [0.3, 0.4) is 0 Å². The van der Waals surface area contributed by atoms with Gasteiger partial charge < -0.3 is 0 Å². The fourth-order valence-electron chi connectivity index (χ4n) is 5.58.